The number of H-pyrrole nitrogens is 1. The van der Waals surface area contributed by atoms with Crippen LogP contribution < -0.4 is 10.2 Å². The summed E-state index contributed by atoms with van der Waals surface area (Å²) in [5, 5.41) is 9.40. The minimum Gasteiger partial charge on any atom is -0.345 e. The number of carbonyl (C=O) groups is 2. The first kappa shape index (κ1) is 15.9. The molecule has 0 saturated carbocycles. The molecule has 24 heavy (non-hydrogen) atoms. The number of aromatic nitrogens is 3. The molecule has 0 bridgehead atoms. The highest BCUT2D eigenvalue weighted by molar-refractivity contribution is 5.95. The predicted molar refractivity (Wildman–Crippen MR) is 90.0 cm³/mol. The fraction of sp³-hybridized carbons (Fsp3) is 0.294. The van der Waals surface area contributed by atoms with Crippen LogP contribution in [0, 0.1) is 6.92 Å². The van der Waals surface area contributed by atoms with Crippen molar-refractivity contribution in [3.8, 4) is 0 Å². The number of hydrogen-bond acceptors (Lipinski definition) is 4. The second-order valence-corrected chi connectivity index (χ2v) is 5.63. The lowest BCUT2D eigenvalue weighted by Crippen LogP contribution is -2.23. The van der Waals surface area contributed by atoms with Gasteiger partial charge in [0.2, 0.25) is 11.8 Å². The maximum atomic E-state index is 11.8. The van der Waals surface area contributed by atoms with Crippen LogP contribution in [0.2, 0.25) is 0 Å². The van der Waals surface area contributed by atoms with Crippen LogP contribution in [0.1, 0.15) is 30.1 Å². The maximum Gasteiger partial charge on any atom is 0.244 e. The fourth-order valence-corrected chi connectivity index (χ4v) is 2.55. The van der Waals surface area contributed by atoms with Crippen LogP contribution in [0.15, 0.2) is 30.3 Å². The number of benzene rings is 1. The van der Waals surface area contributed by atoms with Crippen molar-refractivity contribution in [3.63, 3.8) is 0 Å². The topological polar surface area (TPSA) is 91.0 Å². The third-order valence-electron chi connectivity index (χ3n) is 3.77. The third-order valence-corrected chi connectivity index (χ3v) is 3.77. The van der Waals surface area contributed by atoms with Crippen molar-refractivity contribution in [1.29, 1.82) is 0 Å². The number of nitrogens with zero attached hydrogens (tertiary/aromatic N) is 3. The molecule has 1 aromatic heterocycles. The molecule has 1 aliphatic heterocycles. The summed E-state index contributed by atoms with van der Waals surface area (Å²) in [6.07, 6.45) is 4.72. The zero-order chi connectivity index (χ0) is 16.9. The van der Waals surface area contributed by atoms with Gasteiger partial charge >= 0.3 is 0 Å². The third kappa shape index (κ3) is 3.87. The molecule has 1 saturated heterocycles. The number of aromatic amines is 1. The molecule has 2 amide bonds. The average Bonchev–Trinajstić information content (AvgIpc) is 3.20. The van der Waals surface area contributed by atoms with Gasteiger partial charge < -0.3 is 10.2 Å². The van der Waals surface area contributed by atoms with Gasteiger partial charge in [0.1, 0.15) is 5.82 Å². The van der Waals surface area contributed by atoms with E-state index in [1.165, 1.54) is 6.08 Å². The Hall–Kier alpha value is -2.96. The van der Waals surface area contributed by atoms with E-state index in [0.29, 0.717) is 18.1 Å². The minimum absolute atomic E-state index is 0.167. The van der Waals surface area contributed by atoms with Gasteiger partial charge in [-0.1, -0.05) is 12.1 Å². The SMILES string of the molecule is Cc1nc(CNC(=O)/C=C\c2ccc(N3CCCC3=O)cc2)n[nH]1. The van der Waals surface area contributed by atoms with Gasteiger partial charge in [-0.15, -0.1) is 0 Å². The summed E-state index contributed by atoms with van der Waals surface area (Å²) in [6, 6.07) is 7.58. The second-order valence-electron chi connectivity index (χ2n) is 5.63. The Morgan fingerprint density at radius 3 is 2.79 bits per heavy atom. The number of anilines is 1. The molecule has 1 fully saturated rings. The van der Waals surface area contributed by atoms with E-state index in [1.54, 1.807) is 17.9 Å². The van der Waals surface area contributed by atoms with Gasteiger partial charge in [-0.05, 0) is 37.1 Å². The predicted octanol–water partition coefficient (Wildman–Crippen LogP) is 1.57. The van der Waals surface area contributed by atoms with Crippen LogP contribution in [0.5, 0.6) is 0 Å². The van der Waals surface area contributed by atoms with Crippen molar-refractivity contribution in [2.75, 3.05) is 11.4 Å². The molecule has 7 nitrogen and oxygen atoms in total. The first-order valence-corrected chi connectivity index (χ1v) is 7.86. The summed E-state index contributed by atoms with van der Waals surface area (Å²) in [6.45, 7) is 2.86. The molecule has 7 heteroatoms. The van der Waals surface area contributed by atoms with Gasteiger partial charge in [0, 0.05) is 24.7 Å². The van der Waals surface area contributed by atoms with Gasteiger partial charge in [0.25, 0.3) is 0 Å². The van der Waals surface area contributed by atoms with Gasteiger partial charge in [0.05, 0.1) is 6.54 Å². The van der Waals surface area contributed by atoms with E-state index in [9.17, 15) is 9.59 Å². The largest absolute Gasteiger partial charge is 0.345 e. The molecule has 1 aromatic carbocycles. The minimum atomic E-state index is -0.212. The Kier molecular flexibility index (Phi) is 4.69. The maximum absolute atomic E-state index is 11.8. The summed E-state index contributed by atoms with van der Waals surface area (Å²) >= 11 is 0. The molecule has 2 N–H and O–H groups in total. The summed E-state index contributed by atoms with van der Waals surface area (Å²) < 4.78 is 0. The second kappa shape index (κ2) is 7.08. The van der Waals surface area contributed by atoms with Crippen molar-refractivity contribution in [1.82, 2.24) is 20.5 Å². The monoisotopic (exact) mass is 325 g/mol. The molecule has 0 unspecified atom stereocenters. The van der Waals surface area contributed by atoms with E-state index in [2.05, 4.69) is 20.5 Å². The molecule has 124 valence electrons. The highest BCUT2D eigenvalue weighted by Gasteiger charge is 2.21. The first-order valence-electron chi connectivity index (χ1n) is 7.86. The van der Waals surface area contributed by atoms with Crippen LogP contribution >= 0.6 is 0 Å². The molecule has 2 aromatic rings. The van der Waals surface area contributed by atoms with E-state index >= 15 is 0 Å². The molecule has 0 spiro atoms. The van der Waals surface area contributed by atoms with Crippen molar-refractivity contribution in [2.45, 2.75) is 26.3 Å². The standard InChI is InChI=1S/C17H19N5O2/c1-12-19-15(21-20-12)11-18-16(23)9-6-13-4-7-14(8-5-13)22-10-2-3-17(22)24/h4-9H,2-3,10-11H2,1H3,(H,18,23)(H,19,20,21)/b9-6-. The van der Waals surface area contributed by atoms with Crippen LogP contribution in [-0.4, -0.2) is 33.5 Å². The zero-order valence-corrected chi connectivity index (χ0v) is 13.5. The van der Waals surface area contributed by atoms with Crippen LogP contribution in [0.25, 0.3) is 6.08 Å². The smallest absolute Gasteiger partial charge is 0.244 e. The Balaban J connectivity index is 1.54. The van der Waals surface area contributed by atoms with Crippen molar-refractivity contribution in [2.24, 2.45) is 0 Å². The molecule has 0 aliphatic carbocycles. The molecule has 1 aliphatic rings. The van der Waals surface area contributed by atoms with Crippen LogP contribution in [0.4, 0.5) is 5.69 Å². The highest BCUT2D eigenvalue weighted by Crippen LogP contribution is 2.21. The Morgan fingerprint density at radius 2 is 2.17 bits per heavy atom. The van der Waals surface area contributed by atoms with Crippen molar-refractivity contribution < 1.29 is 9.59 Å². The van der Waals surface area contributed by atoms with Gasteiger partial charge in [-0.3, -0.25) is 14.7 Å². The summed E-state index contributed by atoms with van der Waals surface area (Å²) in [4.78, 5) is 29.4. The molecular weight excluding hydrogens is 306 g/mol. The normalized spacial score (nSPS) is 14.5. The zero-order valence-electron chi connectivity index (χ0n) is 13.5. The van der Waals surface area contributed by atoms with Gasteiger partial charge in [0.15, 0.2) is 5.82 Å². The van der Waals surface area contributed by atoms with E-state index < -0.39 is 0 Å². The number of hydrogen-bond donors (Lipinski definition) is 2. The molecule has 2 heterocycles. The molecule has 0 radical (unpaired) electrons. The number of amides is 2. The van der Waals surface area contributed by atoms with E-state index in [-0.39, 0.29) is 18.4 Å². The first-order chi connectivity index (χ1) is 11.6. The van der Waals surface area contributed by atoms with Crippen molar-refractivity contribution >= 4 is 23.6 Å². The van der Waals surface area contributed by atoms with Crippen LogP contribution in [0.3, 0.4) is 0 Å². The van der Waals surface area contributed by atoms with E-state index in [0.717, 1.165) is 24.2 Å². The van der Waals surface area contributed by atoms with Crippen LogP contribution in [-0.2, 0) is 16.1 Å². The number of carbonyl (C=O) groups excluding carboxylic acids is 2. The Bertz CT molecular complexity index is 764. The summed E-state index contributed by atoms with van der Waals surface area (Å²) in [5.41, 5.74) is 1.80. The Labute approximate surface area is 139 Å². The number of nitrogens with one attached hydrogen (secondary N) is 2. The lowest BCUT2D eigenvalue weighted by atomic mass is 10.2. The lowest BCUT2D eigenvalue weighted by Gasteiger charge is -2.15. The number of aryl methyl sites for hydroxylation is 1. The molecular formula is C17H19N5O2. The highest BCUT2D eigenvalue weighted by atomic mass is 16.2. The summed E-state index contributed by atoms with van der Waals surface area (Å²) in [5.74, 6) is 1.22. The van der Waals surface area contributed by atoms with E-state index in [1.807, 2.05) is 24.3 Å². The molecule has 3 rings (SSSR count). The van der Waals surface area contributed by atoms with Gasteiger partial charge in [-0.25, -0.2) is 4.98 Å². The van der Waals surface area contributed by atoms with Crippen molar-refractivity contribution in [3.05, 3.63) is 47.6 Å². The quantitative estimate of drug-likeness (QED) is 0.816. The average molecular weight is 325 g/mol. The Morgan fingerprint density at radius 1 is 1.38 bits per heavy atom. The molecule has 0 atom stereocenters. The fourth-order valence-electron chi connectivity index (χ4n) is 2.55. The van der Waals surface area contributed by atoms with Gasteiger partial charge in [-0.2, -0.15) is 5.10 Å². The number of rotatable bonds is 5. The summed E-state index contributed by atoms with van der Waals surface area (Å²) in [7, 11) is 0. The van der Waals surface area contributed by atoms with E-state index in [4.69, 9.17) is 0 Å². The lowest BCUT2D eigenvalue weighted by molar-refractivity contribution is -0.117.